The molecule has 0 aromatic heterocycles. The SMILES string of the molecule is CN1C[C@H]2CN3CCCCC3[C@@H](C1)C2OC(=O)c1ccc(Cl)cc1. The Hall–Kier alpha value is -1.10. The van der Waals surface area contributed by atoms with Crippen molar-refractivity contribution < 1.29 is 9.53 Å². The van der Waals surface area contributed by atoms with Crippen LogP contribution in [0.3, 0.4) is 0 Å². The van der Waals surface area contributed by atoms with E-state index in [1.165, 1.54) is 25.8 Å². The van der Waals surface area contributed by atoms with E-state index in [-0.39, 0.29) is 12.1 Å². The van der Waals surface area contributed by atoms with Crippen molar-refractivity contribution in [3.8, 4) is 0 Å². The minimum absolute atomic E-state index is 0.0451. The predicted molar refractivity (Wildman–Crippen MR) is 94.3 cm³/mol. The molecule has 0 amide bonds. The van der Waals surface area contributed by atoms with Crippen LogP contribution in [-0.4, -0.2) is 61.1 Å². The molecule has 3 heterocycles. The van der Waals surface area contributed by atoms with Gasteiger partial charge in [0.25, 0.3) is 0 Å². The minimum atomic E-state index is -0.208. The second-order valence-electron chi connectivity index (χ2n) is 7.58. The molecule has 3 aliphatic rings. The van der Waals surface area contributed by atoms with Gasteiger partial charge in [0.05, 0.1) is 5.56 Å². The van der Waals surface area contributed by atoms with Gasteiger partial charge >= 0.3 is 5.97 Å². The van der Waals surface area contributed by atoms with Gasteiger partial charge in [-0.25, -0.2) is 4.79 Å². The van der Waals surface area contributed by atoms with E-state index in [9.17, 15) is 4.79 Å². The van der Waals surface area contributed by atoms with E-state index in [1.54, 1.807) is 24.3 Å². The van der Waals surface area contributed by atoms with Gasteiger partial charge in [-0.05, 0) is 50.7 Å². The minimum Gasteiger partial charge on any atom is -0.458 e. The van der Waals surface area contributed by atoms with Gasteiger partial charge < -0.3 is 9.64 Å². The van der Waals surface area contributed by atoms with Crippen molar-refractivity contribution in [2.75, 3.05) is 33.2 Å². The summed E-state index contributed by atoms with van der Waals surface area (Å²) in [7, 11) is 2.19. The highest BCUT2D eigenvalue weighted by Crippen LogP contribution is 2.39. The average molecular weight is 349 g/mol. The van der Waals surface area contributed by atoms with Crippen LogP contribution in [0.1, 0.15) is 29.6 Å². The number of carbonyl (C=O) groups excluding carboxylic acids is 1. The van der Waals surface area contributed by atoms with Gasteiger partial charge in [-0.15, -0.1) is 0 Å². The molecule has 3 saturated heterocycles. The molecule has 0 saturated carbocycles. The quantitative estimate of drug-likeness (QED) is 0.769. The zero-order valence-corrected chi connectivity index (χ0v) is 14.9. The summed E-state index contributed by atoms with van der Waals surface area (Å²) in [5.74, 6) is 0.638. The van der Waals surface area contributed by atoms with Crippen LogP contribution in [0.2, 0.25) is 5.02 Å². The fraction of sp³-hybridized carbons (Fsp3) is 0.632. The molecule has 3 fully saturated rings. The molecule has 0 spiro atoms. The number of nitrogens with zero attached hydrogens (tertiary/aromatic N) is 2. The highest BCUT2D eigenvalue weighted by Gasteiger charge is 2.49. The predicted octanol–water partition coefficient (Wildman–Crippen LogP) is 2.91. The number of benzene rings is 1. The maximum absolute atomic E-state index is 12.6. The second-order valence-corrected chi connectivity index (χ2v) is 8.02. The number of piperidine rings is 3. The van der Waals surface area contributed by atoms with Crippen LogP contribution in [0, 0.1) is 11.8 Å². The Morgan fingerprint density at radius 1 is 1.17 bits per heavy atom. The summed E-state index contributed by atoms with van der Waals surface area (Å²) in [6.07, 6.45) is 3.88. The normalized spacial score (nSPS) is 33.8. The molecular weight excluding hydrogens is 324 g/mol. The van der Waals surface area contributed by atoms with Crippen molar-refractivity contribution >= 4 is 17.6 Å². The number of rotatable bonds is 2. The maximum atomic E-state index is 12.6. The van der Waals surface area contributed by atoms with Gasteiger partial charge in [0.1, 0.15) is 6.10 Å². The van der Waals surface area contributed by atoms with Crippen LogP contribution < -0.4 is 0 Å². The standard InChI is InChI=1S/C19H25ClN2O2/c1-21-10-14-11-22-9-3-2-4-17(22)16(12-21)18(14)24-19(23)13-5-7-15(20)8-6-13/h5-8,14,16-18H,2-4,9-12H2,1H3/t14-,16+,17?,18?/m0/s1. The van der Waals surface area contributed by atoms with E-state index >= 15 is 0 Å². The zero-order chi connectivity index (χ0) is 16.7. The van der Waals surface area contributed by atoms with E-state index in [0.29, 0.717) is 28.5 Å². The molecule has 4 rings (SSSR count). The van der Waals surface area contributed by atoms with Crippen LogP contribution in [0.25, 0.3) is 0 Å². The zero-order valence-electron chi connectivity index (χ0n) is 14.2. The number of likely N-dealkylation sites (tertiary alicyclic amines) is 1. The first-order chi connectivity index (χ1) is 11.6. The monoisotopic (exact) mass is 348 g/mol. The van der Waals surface area contributed by atoms with Crippen molar-refractivity contribution in [3.63, 3.8) is 0 Å². The fourth-order valence-electron chi connectivity index (χ4n) is 4.89. The van der Waals surface area contributed by atoms with Gasteiger partial charge in [-0.3, -0.25) is 4.90 Å². The number of fused-ring (bicyclic) bond motifs is 4. The number of hydrogen-bond acceptors (Lipinski definition) is 4. The lowest BCUT2D eigenvalue weighted by Crippen LogP contribution is -2.65. The van der Waals surface area contributed by atoms with Gasteiger partial charge in [0, 0.05) is 42.5 Å². The van der Waals surface area contributed by atoms with Crippen molar-refractivity contribution in [2.24, 2.45) is 11.8 Å². The van der Waals surface area contributed by atoms with Crippen molar-refractivity contribution in [3.05, 3.63) is 34.9 Å². The van der Waals surface area contributed by atoms with Crippen molar-refractivity contribution in [1.29, 1.82) is 0 Å². The molecule has 4 atom stereocenters. The Bertz CT molecular complexity index is 606. The van der Waals surface area contributed by atoms with Crippen molar-refractivity contribution in [2.45, 2.75) is 31.4 Å². The van der Waals surface area contributed by atoms with Crippen molar-refractivity contribution in [1.82, 2.24) is 9.80 Å². The summed E-state index contributed by atoms with van der Waals surface area (Å²) in [5, 5.41) is 0.639. The number of ether oxygens (including phenoxy) is 1. The summed E-state index contributed by atoms with van der Waals surface area (Å²) >= 11 is 5.92. The average Bonchev–Trinajstić information content (AvgIpc) is 2.56. The second kappa shape index (κ2) is 6.66. The topological polar surface area (TPSA) is 32.8 Å². The Labute approximate surface area is 148 Å². The molecule has 0 radical (unpaired) electrons. The molecule has 1 aromatic carbocycles. The Morgan fingerprint density at radius 2 is 1.96 bits per heavy atom. The van der Waals surface area contributed by atoms with E-state index in [4.69, 9.17) is 16.3 Å². The third-order valence-corrected chi connectivity index (χ3v) is 6.16. The third kappa shape index (κ3) is 3.07. The van der Waals surface area contributed by atoms with Crippen LogP contribution in [0.15, 0.2) is 24.3 Å². The number of carbonyl (C=O) groups is 1. The van der Waals surface area contributed by atoms with E-state index in [2.05, 4.69) is 16.8 Å². The molecule has 0 aliphatic carbocycles. The summed E-state index contributed by atoms with van der Waals surface area (Å²) in [6.45, 7) is 4.30. The molecule has 1 aromatic rings. The Balaban J connectivity index is 1.53. The molecule has 2 bridgehead atoms. The van der Waals surface area contributed by atoms with E-state index in [0.717, 1.165) is 19.6 Å². The molecule has 0 N–H and O–H groups in total. The lowest BCUT2D eigenvalue weighted by atomic mass is 9.74. The summed E-state index contributed by atoms with van der Waals surface area (Å²) in [5.41, 5.74) is 0.594. The smallest absolute Gasteiger partial charge is 0.338 e. The first-order valence-corrected chi connectivity index (χ1v) is 9.39. The van der Waals surface area contributed by atoms with E-state index in [1.807, 2.05) is 0 Å². The van der Waals surface area contributed by atoms with Gasteiger partial charge in [0.2, 0.25) is 0 Å². The van der Waals surface area contributed by atoms with Crippen LogP contribution in [0.5, 0.6) is 0 Å². The highest BCUT2D eigenvalue weighted by molar-refractivity contribution is 6.30. The van der Waals surface area contributed by atoms with Crippen LogP contribution >= 0.6 is 11.6 Å². The molecule has 2 unspecified atom stereocenters. The van der Waals surface area contributed by atoms with Crippen LogP contribution in [0.4, 0.5) is 0 Å². The fourth-order valence-corrected chi connectivity index (χ4v) is 5.01. The highest BCUT2D eigenvalue weighted by atomic mass is 35.5. The first-order valence-electron chi connectivity index (χ1n) is 9.01. The molecule has 4 nitrogen and oxygen atoms in total. The molecule has 5 heteroatoms. The largest absolute Gasteiger partial charge is 0.458 e. The van der Waals surface area contributed by atoms with Gasteiger partial charge in [0.15, 0.2) is 0 Å². The Morgan fingerprint density at radius 3 is 2.75 bits per heavy atom. The summed E-state index contributed by atoms with van der Waals surface area (Å²) in [6, 6.07) is 7.57. The third-order valence-electron chi connectivity index (χ3n) is 5.91. The first kappa shape index (κ1) is 16.4. The number of hydrogen-bond donors (Lipinski definition) is 0. The van der Waals surface area contributed by atoms with Gasteiger partial charge in [-0.2, -0.15) is 0 Å². The van der Waals surface area contributed by atoms with Crippen LogP contribution in [-0.2, 0) is 4.74 Å². The number of esters is 1. The maximum Gasteiger partial charge on any atom is 0.338 e. The molecule has 3 aliphatic heterocycles. The van der Waals surface area contributed by atoms with E-state index < -0.39 is 0 Å². The molecular formula is C19H25ClN2O2. The lowest BCUT2D eigenvalue weighted by molar-refractivity contribution is -0.118. The molecule has 24 heavy (non-hydrogen) atoms. The Kier molecular flexibility index (Phi) is 4.54. The summed E-state index contributed by atoms with van der Waals surface area (Å²) < 4.78 is 6.05. The molecule has 130 valence electrons. The summed E-state index contributed by atoms with van der Waals surface area (Å²) in [4.78, 5) is 17.7. The van der Waals surface area contributed by atoms with Gasteiger partial charge in [-0.1, -0.05) is 18.0 Å². The number of halogens is 1. The lowest BCUT2D eigenvalue weighted by Gasteiger charge is -2.55.